The van der Waals surface area contributed by atoms with Crippen LogP contribution in [0.3, 0.4) is 0 Å². The fourth-order valence-electron chi connectivity index (χ4n) is 0.655. The lowest BCUT2D eigenvalue weighted by Gasteiger charge is -2.26. The van der Waals surface area contributed by atoms with E-state index < -0.39 is 44.3 Å². The highest BCUT2D eigenvalue weighted by atomic mass is 79.9. The van der Waals surface area contributed by atoms with Gasteiger partial charge in [-0.05, 0) is 22.0 Å². The van der Waals surface area contributed by atoms with Gasteiger partial charge in [0.05, 0.1) is 26.8 Å². The van der Waals surface area contributed by atoms with Gasteiger partial charge < -0.3 is 9.64 Å². The second-order valence-corrected chi connectivity index (χ2v) is 2.67. The number of nitrogens with zero attached hydrogens (tertiary/aromatic N) is 3. The van der Waals surface area contributed by atoms with Gasteiger partial charge in [-0.25, -0.2) is 9.97 Å². The minimum atomic E-state index is -3.24. The number of morpholine rings is 1. The number of aromatic nitrogens is 2. The van der Waals surface area contributed by atoms with Gasteiger partial charge >= 0.3 is 0 Å². The summed E-state index contributed by atoms with van der Waals surface area (Å²) >= 11 is 2.85. The molecule has 13 heavy (non-hydrogen) atoms. The predicted octanol–water partition coefficient (Wildman–Crippen LogP) is 1.08. The normalized spacial score (nSPS) is 44.2. The third-order valence-corrected chi connectivity index (χ3v) is 1.51. The van der Waals surface area contributed by atoms with Crippen LogP contribution in [0.1, 0.15) is 13.7 Å². The van der Waals surface area contributed by atoms with Crippen molar-refractivity contribution in [1.82, 2.24) is 9.97 Å². The SMILES string of the molecule is [2H]c1nc(N2C([2H])([2H])C([2H])([2H])OC([2H])([2H])C2([2H])[2H])nc(Br)c1[2H]. The Kier molecular flexibility index (Phi) is 0.897. The van der Waals surface area contributed by atoms with Gasteiger partial charge in [-0.3, -0.25) is 0 Å². The van der Waals surface area contributed by atoms with Crippen molar-refractivity contribution in [3.8, 4) is 0 Å². The largest absolute Gasteiger partial charge is 0.378 e. The van der Waals surface area contributed by atoms with E-state index in [4.69, 9.17) is 13.7 Å². The van der Waals surface area contributed by atoms with Gasteiger partial charge in [-0.2, -0.15) is 0 Å². The van der Waals surface area contributed by atoms with Crippen molar-refractivity contribution < 1.29 is 18.4 Å². The third kappa shape index (κ3) is 2.16. The summed E-state index contributed by atoms with van der Waals surface area (Å²) in [6.45, 7) is -12.9. The summed E-state index contributed by atoms with van der Waals surface area (Å²) in [6, 6.07) is -0.436. The van der Waals surface area contributed by atoms with Crippen LogP contribution in [0.5, 0.6) is 0 Å². The third-order valence-electron chi connectivity index (χ3n) is 1.13. The number of hydrogen-bond donors (Lipinski definition) is 0. The Morgan fingerprint density at radius 3 is 3.08 bits per heavy atom. The van der Waals surface area contributed by atoms with Gasteiger partial charge in [0.1, 0.15) is 4.60 Å². The van der Waals surface area contributed by atoms with E-state index in [1.807, 2.05) is 0 Å². The summed E-state index contributed by atoms with van der Waals surface area (Å²) in [4.78, 5) is 7.16. The molecule has 0 N–H and O–H groups in total. The molecule has 0 unspecified atom stereocenters. The quantitative estimate of drug-likeness (QED) is 0.703. The van der Waals surface area contributed by atoms with Crippen molar-refractivity contribution >= 4 is 21.9 Å². The molecule has 0 radical (unpaired) electrons. The molecular formula is C8H10BrN3O. The maximum Gasteiger partial charge on any atom is 0.226 e. The molecule has 5 heteroatoms. The summed E-state index contributed by atoms with van der Waals surface area (Å²) in [5.41, 5.74) is 0. The topological polar surface area (TPSA) is 38.2 Å². The van der Waals surface area contributed by atoms with E-state index in [0.717, 1.165) is 0 Å². The highest BCUT2D eigenvalue weighted by Gasteiger charge is 2.13. The standard InChI is InChI=1S/C8H10BrN3O/c9-7-1-2-10-8(11-7)12-3-5-13-6-4-12/h1-2H,3-6H2/i1D,2D,3D2,4D2,5D2,6D2. The van der Waals surface area contributed by atoms with Crippen LogP contribution in [0.2, 0.25) is 0 Å². The molecule has 0 saturated carbocycles. The van der Waals surface area contributed by atoms with E-state index >= 15 is 0 Å². The first kappa shape index (κ1) is 2.90. The van der Waals surface area contributed by atoms with E-state index in [0.29, 0.717) is 0 Å². The van der Waals surface area contributed by atoms with Crippen LogP contribution in [0.4, 0.5) is 5.95 Å². The molecule has 4 nitrogen and oxygen atoms in total. The first-order chi connectivity index (χ1) is 10.1. The average molecular weight is 254 g/mol. The minimum absolute atomic E-state index is 0.0474. The van der Waals surface area contributed by atoms with Crippen molar-refractivity contribution in [2.45, 2.75) is 0 Å². The van der Waals surface area contributed by atoms with Gasteiger partial charge in [0, 0.05) is 19.2 Å². The number of hydrogen-bond acceptors (Lipinski definition) is 4. The lowest BCUT2D eigenvalue weighted by molar-refractivity contribution is 0.122. The fourth-order valence-corrected chi connectivity index (χ4v) is 0.902. The molecule has 1 saturated heterocycles. The molecule has 1 aliphatic heterocycles. The van der Waals surface area contributed by atoms with Crippen LogP contribution >= 0.6 is 15.9 Å². The zero-order chi connectivity index (χ0) is 18.0. The number of anilines is 1. The van der Waals surface area contributed by atoms with E-state index in [1.54, 1.807) is 0 Å². The molecule has 1 aliphatic rings. The summed E-state index contributed by atoms with van der Waals surface area (Å²) in [6.07, 6.45) is -0.666. The first-order valence-corrected chi connectivity index (χ1v) is 3.96. The van der Waals surface area contributed by atoms with Crippen molar-refractivity contribution in [2.75, 3.05) is 31.0 Å². The minimum Gasteiger partial charge on any atom is -0.378 e. The molecule has 0 aromatic carbocycles. The van der Waals surface area contributed by atoms with Crippen molar-refractivity contribution in [3.63, 3.8) is 0 Å². The van der Waals surface area contributed by atoms with E-state index in [-0.39, 0.29) is 9.50 Å². The smallest absolute Gasteiger partial charge is 0.226 e. The van der Waals surface area contributed by atoms with Crippen LogP contribution in [0.15, 0.2) is 16.8 Å². The van der Waals surface area contributed by atoms with Crippen molar-refractivity contribution in [3.05, 3.63) is 16.8 Å². The number of halogens is 1. The maximum absolute atomic E-state index is 7.83. The van der Waals surface area contributed by atoms with Crippen LogP contribution in [-0.4, -0.2) is 36.1 Å². The molecule has 1 aromatic rings. The van der Waals surface area contributed by atoms with Gasteiger partial charge in [-0.1, -0.05) is 0 Å². The second kappa shape index (κ2) is 4.02. The van der Waals surface area contributed by atoms with E-state index in [9.17, 15) is 0 Å². The molecule has 0 spiro atoms. The lowest BCUT2D eigenvalue weighted by Crippen LogP contribution is -2.37. The Morgan fingerprint density at radius 1 is 1.62 bits per heavy atom. The van der Waals surface area contributed by atoms with E-state index in [2.05, 4.69) is 30.6 Å². The zero-order valence-corrected chi connectivity index (χ0v) is 7.71. The molecule has 0 aliphatic carbocycles. The molecule has 0 atom stereocenters. The fraction of sp³-hybridized carbons (Fsp3) is 0.500. The summed E-state index contributed by atoms with van der Waals surface area (Å²) in [5, 5.41) is 0. The Labute approximate surface area is 99.1 Å². The first-order valence-electron chi connectivity index (χ1n) is 8.16. The molecule has 2 rings (SSSR count). The number of ether oxygens (including phenoxy) is 1. The summed E-state index contributed by atoms with van der Waals surface area (Å²) in [5.74, 6) is -0.788. The van der Waals surface area contributed by atoms with Crippen LogP contribution in [-0.2, 0) is 4.74 Å². The van der Waals surface area contributed by atoms with Crippen LogP contribution in [0, 0.1) is 0 Å². The molecule has 2 heterocycles. The Morgan fingerprint density at radius 2 is 2.38 bits per heavy atom. The molecule has 0 bridgehead atoms. The molecule has 1 aromatic heterocycles. The van der Waals surface area contributed by atoms with Gasteiger partial charge in [0.15, 0.2) is 0 Å². The molecule has 0 amide bonds. The highest BCUT2D eigenvalue weighted by Crippen LogP contribution is 2.12. The van der Waals surface area contributed by atoms with Crippen LogP contribution in [0.25, 0.3) is 0 Å². The second-order valence-electron chi connectivity index (χ2n) is 1.92. The van der Waals surface area contributed by atoms with Gasteiger partial charge in [0.2, 0.25) is 5.95 Å². The Bertz CT molecular complexity index is 604. The van der Waals surface area contributed by atoms with Crippen molar-refractivity contribution in [2.24, 2.45) is 0 Å². The number of rotatable bonds is 1. The van der Waals surface area contributed by atoms with E-state index in [1.165, 1.54) is 0 Å². The summed E-state index contributed by atoms with van der Waals surface area (Å²) < 4.78 is 80.7. The predicted molar refractivity (Wildman–Crippen MR) is 52.8 cm³/mol. The Hall–Kier alpha value is -0.680. The maximum atomic E-state index is 7.83. The summed E-state index contributed by atoms with van der Waals surface area (Å²) in [7, 11) is 0. The lowest BCUT2D eigenvalue weighted by atomic mass is 10.4. The molecular weight excluding hydrogens is 234 g/mol. The van der Waals surface area contributed by atoms with Gasteiger partial charge in [0.25, 0.3) is 0 Å². The molecule has 70 valence electrons. The van der Waals surface area contributed by atoms with Crippen molar-refractivity contribution in [1.29, 1.82) is 0 Å². The Balaban J connectivity index is 2.74. The average Bonchev–Trinajstić information content (AvgIpc) is 2.32. The van der Waals surface area contributed by atoms with Crippen LogP contribution < -0.4 is 4.90 Å². The molecule has 1 fully saturated rings. The zero-order valence-electron chi connectivity index (χ0n) is 16.1. The highest BCUT2D eigenvalue weighted by molar-refractivity contribution is 9.10. The monoisotopic (exact) mass is 253 g/mol. The van der Waals surface area contributed by atoms with Gasteiger partial charge in [-0.15, -0.1) is 0 Å².